The van der Waals surface area contributed by atoms with Gasteiger partial charge < -0.3 is 9.47 Å². The Balaban J connectivity index is 1.92. The number of nitrogens with zero attached hydrogens (tertiary/aromatic N) is 1. The highest BCUT2D eigenvalue weighted by Crippen LogP contribution is 2.33. The van der Waals surface area contributed by atoms with Crippen molar-refractivity contribution in [1.29, 1.82) is 0 Å². The summed E-state index contributed by atoms with van der Waals surface area (Å²) in [6, 6.07) is 6.96. The third-order valence-electron chi connectivity index (χ3n) is 3.83. The summed E-state index contributed by atoms with van der Waals surface area (Å²) in [7, 11) is 1.32. The van der Waals surface area contributed by atoms with Gasteiger partial charge in [0.15, 0.2) is 6.23 Å². The van der Waals surface area contributed by atoms with E-state index in [2.05, 4.69) is 4.98 Å². The number of methoxy groups -OCH3 is 1. The summed E-state index contributed by atoms with van der Waals surface area (Å²) < 4.78 is 11.9. The Bertz CT molecular complexity index is 925. The number of H-pyrrole nitrogens is 1. The molecule has 0 spiro atoms. The first-order chi connectivity index (χ1) is 11.5. The highest BCUT2D eigenvalue weighted by atomic mass is 16.5. The fraction of sp³-hybridized carbons (Fsp3) is 0.235. The quantitative estimate of drug-likeness (QED) is 0.680. The number of nitrogens with one attached hydrogen (secondary N) is 1. The fourth-order valence-electron chi connectivity index (χ4n) is 2.59. The molecule has 1 N–H and O–H groups in total. The summed E-state index contributed by atoms with van der Waals surface area (Å²) in [5.41, 5.74) is 0.482. The van der Waals surface area contributed by atoms with E-state index in [9.17, 15) is 14.4 Å². The van der Waals surface area contributed by atoms with Crippen LogP contribution in [0.2, 0.25) is 0 Å². The summed E-state index contributed by atoms with van der Waals surface area (Å²) in [4.78, 5) is 37.6. The molecule has 0 aliphatic carbocycles. The lowest BCUT2D eigenvalue weighted by Gasteiger charge is -2.18. The zero-order chi connectivity index (χ0) is 17.3. The normalized spacial score (nSPS) is 19.4. The molecule has 0 bridgehead atoms. The van der Waals surface area contributed by atoms with Gasteiger partial charge >= 0.3 is 11.7 Å². The van der Waals surface area contributed by atoms with Crippen molar-refractivity contribution in [3.8, 4) is 0 Å². The number of benzene rings is 1. The van der Waals surface area contributed by atoms with Gasteiger partial charge in [-0.2, -0.15) is 0 Å². The Hall–Kier alpha value is -2.93. The van der Waals surface area contributed by atoms with Gasteiger partial charge in [-0.3, -0.25) is 14.3 Å². The average Bonchev–Trinajstić information content (AvgIpc) is 3.07. The molecule has 0 amide bonds. The van der Waals surface area contributed by atoms with Gasteiger partial charge in [0.25, 0.3) is 5.56 Å². The van der Waals surface area contributed by atoms with E-state index in [0.717, 1.165) is 0 Å². The number of hydrogen-bond donors (Lipinski definition) is 1. The monoisotopic (exact) mass is 328 g/mol. The molecule has 1 aromatic carbocycles. The van der Waals surface area contributed by atoms with Crippen LogP contribution in [-0.2, 0) is 9.47 Å². The molecule has 2 aromatic rings. The number of hydrogen-bond acceptors (Lipinski definition) is 5. The third kappa shape index (κ3) is 2.81. The maximum atomic E-state index is 12.0. The Labute approximate surface area is 137 Å². The second-order valence-corrected chi connectivity index (χ2v) is 5.39. The highest BCUT2D eigenvalue weighted by Gasteiger charge is 2.26. The van der Waals surface area contributed by atoms with E-state index < -0.39 is 29.6 Å². The van der Waals surface area contributed by atoms with Gasteiger partial charge in [0.05, 0.1) is 12.7 Å². The second-order valence-electron chi connectivity index (χ2n) is 5.39. The molecule has 3 rings (SSSR count). The molecule has 2 atom stereocenters. The predicted octanol–water partition coefficient (Wildman–Crippen LogP) is 1.46. The molecular weight excluding hydrogens is 312 g/mol. The molecule has 0 saturated carbocycles. The fourth-order valence-corrected chi connectivity index (χ4v) is 2.59. The van der Waals surface area contributed by atoms with Crippen LogP contribution >= 0.6 is 0 Å². The van der Waals surface area contributed by atoms with E-state index in [1.807, 2.05) is 0 Å². The minimum absolute atomic E-state index is 0.403. The van der Waals surface area contributed by atoms with Crippen molar-refractivity contribution in [1.82, 2.24) is 9.55 Å². The summed E-state index contributed by atoms with van der Waals surface area (Å²) >= 11 is 0. The Kier molecular flexibility index (Phi) is 4.18. The minimum Gasteiger partial charge on any atom is -0.465 e. The van der Waals surface area contributed by atoms with E-state index in [-0.39, 0.29) is 0 Å². The zero-order valence-corrected chi connectivity index (χ0v) is 13.2. The molecule has 2 unspecified atom stereocenters. The summed E-state index contributed by atoms with van der Waals surface area (Å²) in [5.74, 6) is -0.455. The molecule has 2 heterocycles. The van der Waals surface area contributed by atoms with Crippen LogP contribution in [-0.4, -0.2) is 22.6 Å². The molecular formula is C17H16N2O5. The van der Waals surface area contributed by atoms with Crippen LogP contribution in [0.25, 0.3) is 0 Å². The van der Waals surface area contributed by atoms with E-state index in [1.165, 1.54) is 17.9 Å². The number of aryl methyl sites for hydroxylation is 1. The van der Waals surface area contributed by atoms with Crippen molar-refractivity contribution in [2.75, 3.05) is 7.11 Å². The van der Waals surface area contributed by atoms with Crippen LogP contribution in [0, 0.1) is 6.92 Å². The number of aromatic amines is 1. The van der Waals surface area contributed by atoms with E-state index >= 15 is 0 Å². The smallest absolute Gasteiger partial charge is 0.338 e. The average molecular weight is 328 g/mol. The molecule has 0 radical (unpaired) electrons. The van der Waals surface area contributed by atoms with Crippen LogP contribution in [0.15, 0.2) is 52.2 Å². The zero-order valence-electron chi connectivity index (χ0n) is 13.2. The van der Waals surface area contributed by atoms with Crippen molar-refractivity contribution < 1.29 is 14.3 Å². The number of ether oxygens (including phenoxy) is 2. The Morgan fingerprint density at radius 2 is 2.00 bits per heavy atom. The van der Waals surface area contributed by atoms with Gasteiger partial charge in [-0.15, -0.1) is 0 Å². The number of carbonyl (C=O) groups excluding carboxylic acids is 1. The van der Waals surface area contributed by atoms with Crippen LogP contribution in [0.3, 0.4) is 0 Å². The minimum atomic E-state index is -0.663. The molecule has 0 saturated heterocycles. The molecule has 124 valence electrons. The van der Waals surface area contributed by atoms with E-state index in [1.54, 1.807) is 43.3 Å². The van der Waals surface area contributed by atoms with Crippen LogP contribution in [0.1, 0.15) is 33.8 Å². The van der Waals surface area contributed by atoms with Crippen molar-refractivity contribution in [2.24, 2.45) is 0 Å². The lowest BCUT2D eigenvalue weighted by Crippen LogP contribution is -2.33. The van der Waals surface area contributed by atoms with Gasteiger partial charge in [0.1, 0.15) is 6.10 Å². The first-order valence-electron chi connectivity index (χ1n) is 7.34. The largest absolute Gasteiger partial charge is 0.465 e. The molecule has 1 aromatic heterocycles. The number of carbonyl (C=O) groups is 1. The van der Waals surface area contributed by atoms with Crippen molar-refractivity contribution in [3.05, 3.63) is 80.1 Å². The van der Waals surface area contributed by atoms with E-state index in [4.69, 9.17) is 9.47 Å². The number of rotatable bonds is 3. The first-order valence-corrected chi connectivity index (χ1v) is 7.34. The molecule has 0 fully saturated rings. The van der Waals surface area contributed by atoms with Gasteiger partial charge in [0, 0.05) is 11.8 Å². The first kappa shape index (κ1) is 15.9. The standard InChI is InChI=1S/C17H16N2O5/c1-10-9-19(17(22)18-15(10)20)14-8-7-13(24-14)11-5-3-4-6-12(11)16(21)23-2/h3-9,13-14H,1-2H3,(H,18,20,22). The molecule has 7 nitrogen and oxygen atoms in total. The van der Waals surface area contributed by atoms with Crippen molar-refractivity contribution in [3.63, 3.8) is 0 Å². The Morgan fingerprint density at radius 3 is 2.75 bits per heavy atom. The number of esters is 1. The third-order valence-corrected chi connectivity index (χ3v) is 3.83. The van der Waals surface area contributed by atoms with Crippen LogP contribution in [0.4, 0.5) is 0 Å². The van der Waals surface area contributed by atoms with Crippen LogP contribution < -0.4 is 11.2 Å². The molecule has 24 heavy (non-hydrogen) atoms. The molecule has 1 aliphatic rings. The Morgan fingerprint density at radius 1 is 1.25 bits per heavy atom. The summed E-state index contributed by atoms with van der Waals surface area (Å²) in [5, 5.41) is 0. The van der Waals surface area contributed by atoms with Gasteiger partial charge in [-0.25, -0.2) is 9.59 Å². The second kappa shape index (κ2) is 6.29. The number of aromatic nitrogens is 2. The maximum absolute atomic E-state index is 12.0. The van der Waals surface area contributed by atoms with Gasteiger partial charge in [-0.05, 0) is 24.6 Å². The van der Waals surface area contributed by atoms with Gasteiger partial charge in [0.2, 0.25) is 0 Å². The molecule has 7 heteroatoms. The van der Waals surface area contributed by atoms with Gasteiger partial charge in [-0.1, -0.05) is 24.3 Å². The lowest BCUT2D eigenvalue weighted by molar-refractivity contribution is 0.0134. The van der Waals surface area contributed by atoms with Crippen molar-refractivity contribution in [2.45, 2.75) is 19.3 Å². The molecule has 1 aliphatic heterocycles. The summed E-state index contributed by atoms with van der Waals surface area (Å²) in [6.07, 6.45) is 3.76. The van der Waals surface area contributed by atoms with E-state index in [0.29, 0.717) is 16.7 Å². The maximum Gasteiger partial charge on any atom is 0.338 e. The highest BCUT2D eigenvalue weighted by molar-refractivity contribution is 5.91. The lowest BCUT2D eigenvalue weighted by atomic mass is 10.0. The SMILES string of the molecule is COC(=O)c1ccccc1C1C=CC(n2cc(C)c(=O)[nH]c2=O)O1. The van der Waals surface area contributed by atoms with Crippen LogP contribution in [0.5, 0.6) is 0 Å². The predicted molar refractivity (Wildman–Crippen MR) is 85.8 cm³/mol. The topological polar surface area (TPSA) is 90.4 Å². The van der Waals surface area contributed by atoms with Crippen molar-refractivity contribution >= 4 is 5.97 Å². The summed E-state index contributed by atoms with van der Waals surface area (Å²) in [6.45, 7) is 1.61.